The maximum Gasteiger partial charge on any atom is 0.335 e. The van der Waals surface area contributed by atoms with E-state index in [9.17, 15) is 9.59 Å². The average Bonchev–Trinajstić information content (AvgIpc) is 2.43. The Labute approximate surface area is 132 Å². The number of urea groups is 1. The van der Waals surface area contributed by atoms with Crippen molar-refractivity contribution in [1.82, 2.24) is 4.90 Å². The number of thioether (sulfide) groups is 1. The number of halogens is 1. The van der Waals surface area contributed by atoms with Crippen molar-refractivity contribution in [3.8, 4) is 0 Å². The molecule has 2 N–H and O–H groups in total. The van der Waals surface area contributed by atoms with Gasteiger partial charge < -0.3 is 15.3 Å². The van der Waals surface area contributed by atoms with Gasteiger partial charge in [-0.2, -0.15) is 11.8 Å². The first kappa shape index (κ1) is 16.0. The molecule has 0 aliphatic carbocycles. The molecule has 2 unspecified atom stereocenters. The third kappa shape index (κ3) is 3.63. The van der Waals surface area contributed by atoms with Gasteiger partial charge in [0.1, 0.15) is 0 Å². The third-order valence-electron chi connectivity index (χ3n) is 3.60. The zero-order chi connectivity index (χ0) is 15.6. The van der Waals surface area contributed by atoms with Crippen LogP contribution in [-0.2, 0) is 0 Å². The molecule has 0 aromatic heterocycles. The predicted molar refractivity (Wildman–Crippen MR) is 85.5 cm³/mol. The average molecular weight is 329 g/mol. The van der Waals surface area contributed by atoms with Crippen LogP contribution in [0.15, 0.2) is 18.2 Å². The van der Waals surface area contributed by atoms with Crippen molar-refractivity contribution in [2.75, 3.05) is 17.6 Å². The van der Waals surface area contributed by atoms with Gasteiger partial charge in [-0.3, -0.25) is 0 Å². The molecule has 7 heteroatoms. The normalized spacial score (nSPS) is 22.0. The zero-order valence-corrected chi connectivity index (χ0v) is 13.4. The SMILES string of the molecule is CC1SCCN(C(=O)Nc2cc(C(=O)O)ccc2Cl)C1C. The van der Waals surface area contributed by atoms with E-state index in [0.717, 1.165) is 5.75 Å². The number of anilines is 1. The molecule has 2 rings (SSSR count). The summed E-state index contributed by atoms with van der Waals surface area (Å²) < 4.78 is 0. The molecule has 1 aliphatic rings. The Balaban J connectivity index is 2.15. The number of aromatic carboxylic acids is 1. The van der Waals surface area contributed by atoms with Gasteiger partial charge in [-0.25, -0.2) is 9.59 Å². The molecule has 5 nitrogen and oxygen atoms in total. The van der Waals surface area contributed by atoms with Crippen LogP contribution < -0.4 is 5.32 Å². The number of rotatable bonds is 2. The molecule has 1 heterocycles. The second-order valence-electron chi connectivity index (χ2n) is 4.94. The van der Waals surface area contributed by atoms with Crippen LogP contribution >= 0.6 is 23.4 Å². The van der Waals surface area contributed by atoms with E-state index in [1.54, 1.807) is 4.90 Å². The maximum absolute atomic E-state index is 12.4. The number of nitrogens with zero attached hydrogens (tertiary/aromatic N) is 1. The third-order valence-corrected chi connectivity index (χ3v) is 5.27. The number of carbonyl (C=O) groups is 2. The van der Waals surface area contributed by atoms with Crippen LogP contribution in [0, 0.1) is 0 Å². The van der Waals surface area contributed by atoms with Crippen molar-refractivity contribution in [3.63, 3.8) is 0 Å². The summed E-state index contributed by atoms with van der Waals surface area (Å²) in [6, 6.07) is 4.11. The van der Waals surface area contributed by atoms with Crippen molar-refractivity contribution < 1.29 is 14.7 Å². The van der Waals surface area contributed by atoms with Crippen molar-refractivity contribution in [3.05, 3.63) is 28.8 Å². The van der Waals surface area contributed by atoms with Crippen LogP contribution in [0.25, 0.3) is 0 Å². The molecule has 1 aromatic rings. The molecule has 114 valence electrons. The van der Waals surface area contributed by atoms with Gasteiger partial charge in [0.05, 0.1) is 16.3 Å². The summed E-state index contributed by atoms with van der Waals surface area (Å²) in [5.74, 6) is -0.166. The van der Waals surface area contributed by atoms with E-state index in [1.807, 2.05) is 18.7 Å². The van der Waals surface area contributed by atoms with E-state index >= 15 is 0 Å². The van der Waals surface area contributed by atoms with Crippen LogP contribution in [0.5, 0.6) is 0 Å². The lowest BCUT2D eigenvalue weighted by atomic mass is 10.2. The van der Waals surface area contributed by atoms with Gasteiger partial charge >= 0.3 is 12.0 Å². The molecule has 0 spiro atoms. The van der Waals surface area contributed by atoms with Gasteiger partial charge in [0, 0.05) is 23.6 Å². The lowest BCUT2D eigenvalue weighted by molar-refractivity contribution is 0.0697. The summed E-state index contributed by atoms with van der Waals surface area (Å²) >= 11 is 7.86. The molecule has 1 fully saturated rings. The highest BCUT2D eigenvalue weighted by Gasteiger charge is 2.29. The first-order valence-electron chi connectivity index (χ1n) is 6.62. The summed E-state index contributed by atoms with van der Waals surface area (Å²) in [6.07, 6.45) is 0. The highest BCUT2D eigenvalue weighted by molar-refractivity contribution is 8.00. The van der Waals surface area contributed by atoms with Crippen LogP contribution in [0.4, 0.5) is 10.5 Å². The lowest BCUT2D eigenvalue weighted by Gasteiger charge is -2.37. The summed E-state index contributed by atoms with van der Waals surface area (Å²) in [7, 11) is 0. The molecule has 0 saturated carbocycles. The minimum Gasteiger partial charge on any atom is -0.478 e. The van der Waals surface area contributed by atoms with Crippen LogP contribution in [0.1, 0.15) is 24.2 Å². The Morgan fingerprint density at radius 1 is 1.43 bits per heavy atom. The van der Waals surface area contributed by atoms with E-state index in [1.165, 1.54) is 18.2 Å². The number of nitrogens with one attached hydrogen (secondary N) is 1. The molecule has 21 heavy (non-hydrogen) atoms. The molecule has 2 atom stereocenters. The quantitative estimate of drug-likeness (QED) is 0.873. The predicted octanol–water partition coefficient (Wildman–Crippen LogP) is 3.40. The Morgan fingerprint density at radius 3 is 2.81 bits per heavy atom. The Hall–Kier alpha value is -1.40. The second kappa shape index (κ2) is 6.58. The minimum absolute atomic E-state index is 0.0883. The smallest absolute Gasteiger partial charge is 0.335 e. The molecular formula is C14H17ClN2O3S. The number of hydrogen-bond donors (Lipinski definition) is 2. The van der Waals surface area contributed by atoms with E-state index in [4.69, 9.17) is 16.7 Å². The molecule has 1 aromatic carbocycles. The second-order valence-corrected chi connectivity index (χ2v) is 6.83. The molecule has 0 radical (unpaired) electrons. The van der Waals surface area contributed by atoms with Crippen LogP contribution in [0.3, 0.4) is 0 Å². The molecular weight excluding hydrogens is 312 g/mol. The van der Waals surface area contributed by atoms with Gasteiger partial charge in [-0.1, -0.05) is 18.5 Å². The van der Waals surface area contributed by atoms with E-state index in [-0.39, 0.29) is 17.6 Å². The Kier molecular flexibility index (Phi) is 5.00. The Bertz CT molecular complexity index is 567. The fourth-order valence-electron chi connectivity index (χ4n) is 2.16. The zero-order valence-electron chi connectivity index (χ0n) is 11.8. The van der Waals surface area contributed by atoms with Crippen molar-refractivity contribution in [2.45, 2.75) is 25.1 Å². The number of carboxylic acid groups (broad SMARTS) is 1. The van der Waals surface area contributed by atoms with Gasteiger partial charge in [0.2, 0.25) is 0 Å². The summed E-state index contributed by atoms with van der Waals surface area (Å²) in [5, 5.41) is 12.4. The first-order valence-corrected chi connectivity index (χ1v) is 8.05. The van der Waals surface area contributed by atoms with Crippen molar-refractivity contribution in [2.24, 2.45) is 0 Å². The van der Waals surface area contributed by atoms with Gasteiger partial charge in [0.25, 0.3) is 0 Å². The number of carboxylic acids is 1. The van der Waals surface area contributed by atoms with E-state index in [2.05, 4.69) is 12.2 Å². The van der Waals surface area contributed by atoms with Crippen LogP contribution in [-0.4, -0.2) is 45.6 Å². The summed E-state index contributed by atoms with van der Waals surface area (Å²) in [4.78, 5) is 25.1. The lowest BCUT2D eigenvalue weighted by Crippen LogP contribution is -2.49. The maximum atomic E-state index is 12.4. The number of hydrogen-bond acceptors (Lipinski definition) is 3. The number of benzene rings is 1. The molecule has 1 saturated heterocycles. The largest absolute Gasteiger partial charge is 0.478 e. The molecule has 2 amide bonds. The fourth-order valence-corrected chi connectivity index (χ4v) is 3.42. The minimum atomic E-state index is -1.06. The van der Waals surface area contributed by atoms with Crippen LogP contribution in [0.2, 0.25) is 5.02 Å². The summed E-state index contributed by atoms with van der Waals surface area (Å²) in [6.45, 7) is 4.76. The van der Waals surface area contributed by atoms with Crippen molar-refractivity contribution >= 4 is 41.1 Å². The highest BCUT2D eigenvalue weighted by atomic mass is 35.5. The number of carbonyl (C=O) groups excluding carboxylic acids is 1. The topological polar surface area (TPSA) is 69.6 Å². The molecule has 1 aliphatic heterocycles. The molecule has 0 bridgehead atoms. The van der Waals surface area contributed by atoms with E-state index < -0.39 is 5.97 Å². The highest BCUT2D eigenvalue weighted by Crippen LogP contribution is 2.27. The van der Waals surface area contributed by atoms with Crippen molar-refractivity contribution in [1.29, 1.82) is 0 Å². The van der Waals surface area contributed by atoms with E-state index in [0.29, 0.717) is 22.5 Å². The van der Waals surface area contributed by atoms with Gasteiger partial charge in [0.15, 0.2) is 0 Å². The number of amides is 2. The monoisotopic (exact) mass is 328 g/mol. The Morgan fingerprint density at radius 2 is 2.14 bits per heavy atom. The summed E-state index contributed by atoms with van der Waals surface area (Å²) in [5.41, 5.74) is 0.407. The fraction of sp³-hybridized carbons (Fsp3) is 0.429. The first-order chi connectivity index (χ1) is 9.90. The standard InChI is InChI=1S/C14H17ClN2O3S/c1-8-9(2)21-6-5-17(8)14(20)16-12-7-10(13(18)19)3-4-11(12)15/h3-4,7-9H,5-6H2,1-2H3,(H,16,20)(H,18,19). The van der Waals surface area contributed by atoms with Gasteiger partial charge in [-0.15, -0.1) is 0 Å². The van der Waals surface area contributed by atoms with Gasteiger partial charge in [-0.05, 0) is 25.1 Å².